The van der Waals surface area contributed by atoms with Gasteiger partial charge in [-0.15, -0.1) is 11.3 Å². The van der Waals surface area contributed by atoms with Crippen molar-refractivity contribution < 1.29 is 0 Å². The zero-order valence-corrected chi connectivity index (χ0v) is 15.9. The first-order valence-corrected chi connectivity index (χ1v) is 9.49. The number of nitrogens with zero attached hydrogens (tertiary/aromatic N) is 6. The number of aromatic nitrogens is 5. The predicted molar refractivity (Wildman–Crippen MR) is 103 cm³/mol. The standard InChI is InChI=1S/C18H21N7S/c1-11-9-15(24-18-22-12(2)13(3)26-18)23-16(21-11)14-5-8-25(10-14)17-19-6-4-7-20-17/h4,6-7,9,14H,5,8,10H2,1-3H3,(H,21,22,23,24)/t14-/m0/s1. The summed E-state index contributed by atoms with van der Waals surface area (Å²) in [6.07, 6.45) is 4.55. The van der Waals surface area contributed by atoms with Crippen LogP contribution in [0.15, 0.2) is 24.5 Å². The van der Waals surface area contributed by atoms with Gasteiger partial charge in [0.05, 0.1) is 5.69 Å². The van der Waals surface area contributed by atoms with Gasteiger partial charge in [-0.25, -0.2) is 24.9 Å². The fourth-order valence-electron chi connectivity index (χ4n) is 3.08. The molecule has 7 nitrogen and oxygen atoms in total. The van der Waals surface area contributed by atoms with Crippen LogP contribution < -0.4 is 10.2 Å². The highest BCUT2D eigenvalue weighted by Crippen LogP contribution is 2.29. The second-order valence-electron chi connectivity index (χ2n) is 6.52. The Morgan fingerprint density at radius 2 is 1.92 bits per heavy atom. The largest absolute Gasteiger partial charge is 0.340 e. The van der Waals surface area contributed by atoms with E-state index in [1.165, 1.54) is 4.88 Å². The molecule has 4 rings (SSSR count). The van der Waals surface area contributed by atoms with Crippen LogP contribution in [0.25, 0.3) is 0 Å². The van der Waals surface area contributed by atoms with Crippen molar-refractivity contribution in [2.75, 3.05) is 23.3 Å². The Morgan fingerprint density at radius 1 is 1.12 bits per heavy atom. The minimum atomic E-state index is 0.277. The molecule has 1 aliphatic heterocycles. The van der Waals surface area contributed by atoms with Crippen LogP contribution in [0.4, 0.5) is 16.9 Å². The molecule has 0 saturated carbocycles. The maximum absolute atomic E-state index is 4.75. The topological polar surface area (TPSA) is 79.7 Å². The lowest BCUT2D eigenvalue weighted by molar-refractivity contribution is 0.704. The molecular formula is C18H21N7S. The van der Waals surface area contributed by atoms with Gasteiger partial charge >= 0.3 is 0 Å². The lowest BCUT2D eigenvalue weighted by atomic mass is 10.1. The molecule has 1 fully saturated rings. The van der Waals surface area contributed by atoms with Gasteiger partial charge in [0.15, 0.2) is 5.13 Å². The molecule has 26 heavy (non-hydrogen) atoms. The average Bonchev–Trinajstić information content (AvgIpc) is 3.23. The molecule has 0 bridgehead atoms. The van der Waals surface area contributed by atoms with E-state index in [2.05, 4.69) is 37.1 Å². The first-order chi connectivity index (χ1) is 12.6. The number of rotatable bonds is 4. The molecule has 0 unspecified atom stereocenters. The van der Waals surface area contributed by atoms with Crippen LogP contribution in [-0.2, 0) is 0 Å². The van der Waals surface area contributed by atoms with E-state index in [9.17, 15) is 0 Å². The van der Waals surface area contributed by atoms with Gasteiger partial charge in [0, 0.05) is 48.0 Å². The summed E-state index contributed by atoms with van der Waals surface area (Å²) in [5.74, 6) is 2.72. The van der Waals surface area contributed by atoms with Crippen molar-refractivity contribution in [3.63, 3.8) is 0 Å². The molecule has 4 heterocycles. The van der Waals surface area contributed by atoms with Crippen molar-refractivity contribution >= 4 is 28.2 Å². The first-order valence-electron chi connectivity index (χ1n) is 8.67. The summed E-state index contributed by atoms with van der Waals surface area (Å²) in [5.41, 5.74) is 2.01. The fraction of sp³-hybridized carbons (Fsp3) is 0.389. The van der Waals surface area contributed by atoms with Gasteiger partial charge in [-0.1, -0.05) is 0 Å². The maximum atomic E-state index is 4.75. The molecule has 0 amide bonds. The lowest BCUT2D eigenvalue weighted by Crippen LogP contribution is -2.22. The Morgan fingerprint density at radius 3 is 2.65 bits per heavy atom. The molecule has 3 aromatic rings. The molecule has 0 radical (unpaired) electrons. The summed E-state index contributed by atoms with van der Waals surface area (Å²) >= 11 is 1.64. The normalized spacial score (nSPS) is 16.9. The second kappa shape index (κ2) is 6.95. The van der Waals surface area contributed by atoms with E-state index >= 15 is 0 Å². The average molecular weight is 367 g/mol. The molecule has 0 spiro atoms. The number of hydrogen-bond donors (Lipinski definition) is 1. The van der Waals surface area contributed by atoms with Crippen molar-refractivity contribution in [1.82, 2.24) is 24.9 Å². The Balaban J connectivity index is 1.53. The van der Waals surface area contributed by atoms with Crippen molar-refractivity contribution in [3.05, 3.63) is 46.6 Å². The Kier molecular flexibility index (Phi) is 4.50. The van der Waals surface area contributed by atoms with E-state index in [1.807, 2.05) is 26.0 Å². The van der Waals surface area contributed by atoms with Crippen LogP contribution in [0.1, 0.15) is 34.4 Å². The van der Waals surface area contributed by atoms with Crippen LogP contribution in [0, 0.1) is 20.8 Å². The van der Waals surface area contributed by atoms with Gasteiger partial charge in [0.2, 0.25) is 5.95 Å². The highest BCUT2D eigenvalue weighted by atomic mass is 32.1. The van der Waals surface area contributed by atoms with Gasteiger partial charge in [0.25, 0.3) is 0 Å². The van der Waals surface area contributed by atoms with E-state index in [0.717, 1.165) is 53.6 Å². The van der Waals surface area contributed by atoms with E-state index < -0.39 is 0 Å². The summed E-state index contributed by atoms with van der Waals surface area (Å²) in [7, 11) is 0. The summed E-state index contributed by atoms with van der Waals surface area (Å²) in [6.45, 7) is 7.85. The quantitative estimate of drug-likeness (QED) is 0.757. The molecule has 1 atom stereocenters. The van der Waals surface area contributed by atoms with E-state index in [1.54, 1.807) is 23.7 Å². The molecule has 0 aromatic carbocycles. The Labute approximate surface area is 156 Å². The summed E-state index contributed by atoms with van der Waals surface area (Å²) in [4.78, 5) is 26.1. The van der Waals surface area contributed by atoms with Crippen molar-refractivity contribution in [1.29, 1.82) is 0 Å². The molecule has 8 heteroatoms. The third-order valence-corrected chi connectivity index (χ3v) is 5.51. The number of thiazole rings is 1. The van der Waals surface area contributed by atoms with Crippen LogP contribution in [0.2, 0.25) is 0 Å². The van der Waals surface area contributed by atoms with Crippen LogP contribution in [-0.4, -0.2) is 38.0 Å². The molecule has 3 aromatic heterocycles. The van der Waals surface area contributed by atoms with Crippen molar-refractivity contribution in [2.45, 2.75) is 33.1 Å². The van der Waals surface area contributed by atoms with Gasteiger partial charge in [-0.05, 0) is 33.3 Å². The van der Waals surface area contributed by atoms with Gasteiger partial charge in [0.1, 0.15) is 11.6 Å². The minimum Gasteiger partial charge on any atom is -0.340 e. The lowest BCUT2D eigenvalue weighted by Gasteiger charge is -2.15. The first kappa shape index (κ1) is 16.8. The molecule has 1 saturated heterocycles. The third-order valence-electron chi connectivity index (χ3n) is 4.52. The third kappa shape index (κ3) is 3.50. The van der Waals surface area contributed by atoms with Gasteiger partial charge in [-0.3, -0.25) is 0 Å². The summed E-state index contributed by atoms with van der Waals surface area (Å²) in [5, 5.41) is 4.20. The van der Waals surface area contributed by atoms with Gasteiger partial charge < -0.3 is 10.2 Å². The van der Waals surface area contributed by atoms with Crippen LogP contribution in [0.5, 0.6) is 0 Å². The molecule has 1 N–H and O–H groups in total. The minimum absolute atomic E-state index is 0.277. The molecule has 1 aliphatic rings. The Bertz CT molecular complexity index is 890. The monoisotopic (exact) mass is 367 g/mol. The van der Waals surface area contributed by atoms with Crippen molar-refractivity contribution in [2.24, 2.45) is 0 Å². The van der Waals surface area contributed by atoms with Crippen molar-refractivity contribution in [3.8, 4) is 0 Å². The van der Waals surface area contributed by atoms with Gasteiger partial charge in [-0.2, -0.15) is 0 Å². The predicted octanol–water partition coefficient (Wildman–Crippen LogP) is 3.39. The second-order valence-corrected chi connectivity index (χ2v) is 7.72. The molecule has 134 valence electrons. The van der Waals surface area contributed by atoms with E-state index in [-0.39, 0.29) is 5.92 Å². The SMILES string of the molecule is Cc1cc(Nc2nc(C)c(C)s2)nc([C@H]2CCN(c3ncccn3)C2)n1. The fourth-order valence-corrected chi connectivity index (χ4v) is 3.90. The maximum Gasteiger partial charge on any atom is 0.225 e. The van der Waals surface area contributed by atoms with E-state index in [0.29, 0.717) is 0 Å². The number of aryl methyl sites for hydroxylation is 3. The summed E-state index contributed by atoms with van der Waals surface area (Å²) in [6, 6.07) is 3.79. The highest BCUT2D eigenvalue weighted by molar-refractivity contribution is 7.15. The molecular weight excluding hydrogens is 346 g/mol. The smallest absolute Gasteiger partial charge is 0.225 e. The number of hydrogen-bond acceptors (Lipinski definition) is 8. The van der Waals surface area contributed by atoms with E-state index in [4.69, 9.17) is 4.98 Å². The zero-order valence-electron chi connectivity index (χ0n) is 15.1. The number of anilines is 3. The van der Waals surface area contributed by atoms with Crippen LogP contribution >= 0.6 is 11.3 Å². The highest BCUT2D eigenvalue weighted by Gasteiger charge is 2.28. The molecule has 0 aliphatic carbocycles. The van der Waals surface area contributed by atoms with Crippen LogP contribution in [0.3, 0.4) is 0 Å². The summed E-state index contributed by atoms with van der Waals surface area (Å²) < 4.78 is 0. The number of nitrogens with one attached hydrogen (secondary N) is 1. The zero-order chi connectivity index (χ0) is 18.1. The Hall–Kier alpha value is -2.61.